The van der Waals surface area contributed by atoms with Crippen molar-refractivity contribution in [3.63, 3.8) is 0 Å². The maximum absolute atomic E-state index is 10.6. The van der Waals surface area contributed by atoms with Gasteiger partial charge in [0.2, 0.25) is 5.91 Å². The van der Waals surface area contributed by atoms with Crippen LogP contribution in [0.15, 0.2) is 0 Å². The molecule has 0 aromatic rings. The van der Waals surface area contributed by atoms with Gasteiger partial charge < -0.3 is 0 Å². The minimum atomic E-state index is -1.16. The highest BCUT2D eigenvalue weighted by Gasteiger charge is 2.10. The van der Waals surface area contributed by atoms with Gasteiger partial charge in [-0.25, -0.2) is 0 Å². The van der Waals surface area contributed by atoms with Crippen molar-refractivity contribution < 1.29 is 9.59 Å². The van der Waals surface area contributed by atoms with E-state index in [1.807, 2.05) is 5.43 Å². The van der Waals surface area contributed by atoms with E-state index in [4.69, 9.17) is 23.2 Å². The van der Waals surface area contributed by atoms with Gasteiger partial charge >= 0.3 is 0 Å². The standard InChI is InChI=1S/C5H8Cl2N2O2/c1-2-3(10)8-9-5(11)4(6)7/h4H,2H2,1H3,(H,8,10)(H,9,11). The van der Waals surface area contributed by atoms with Crippen LogP contribution in [0.5, 0.6) is 0 Å². The van der Waals surface area contributed by atoms with E-state index < -0.39 is 10.7 Å². The first-order valence-corrected chi connectivity index (χ1v) is 3.82. The number of hydrazine groups is 1. The zero-order chi connectivity index (χ0) is 8.85. The molecule has 0 saturated carbocycles. The van der Waals surface area contributed by atoms with Crippen molar-refractivity contribution in [2.75, 3.05) is 0 Å². The SMILES string of the molecule is CCC(=O)NNC(=O)C(Cl)Cl. The topological polar surface area (TPSA) is 58.2 Å². The van der Waals surface area contributed by atoms with E-state index in [-0.39, 0.29) is 12.3 Å². The third-order valence-electron chi connectivity index (χ3n) is 0.844. The molecule has 4 nitrogen and oxygen atoms in total. The monoisotopic (exact) mass is 198 g/mol. The molecule has 64 valence electrons. The number of nitrogens with one attached hydrogen (secondary N) is 2. The summed E-state index contributed by atoms with van der Waals surface area (Å²) in [5.74, 6) is -0.942. The van der Waals surface area contributed by atoms with Crippen molar-refractivity contribution in [1.29, 1.82) is 0 Å². The number of hydrogen-bond donors (Lipinski definition) is 2. The Morgan fingerprint density at radius 1 is 1.36 bits per heavy atom. The fourth-order valence-corrected chi connectivity index (χ4v) is 0.383. The smallest absolute Gasteiger partial charge is 0.271 e. The van der Waals surface area contributed by atoms with Crippen LogP contribution in [0.3, 0.4) is 0 Å². The quantitative estimate of drug-likeness (QED) is 0.497. The second-order valence-electron chi connectivity index (χ2n) is 1.69. The van der Waals surface area contributed by atoms with Gasteiger partial charge in [0.15, 0.2) is 4.84 Å². The van der Waals surface area contributed by atoms with Gasteiger partial charge in [-0.15, -0.1) is 0 Å². The van der Waals surface area contributed by atoms with Crippen LogP contribution >= 0.6 is 23.2 Å². The van der Waals surface area contributed by atoms with Crippen LogP contribution in [-0.4, -0.2) is 16.7 Å². The van der Waals surface area contributed by atoms with E-state index in [2.05, 4.69) is 5.43 Å². The molecule has 0 saturated heterocycles. The Balaban J connectivity index is 3.54. The molecule has 0 radical (unpaired) electrons. The molecule has 0 fully saturated rings. The average Bonchev–Trinajstić information content (AvgIpc) is 1.99. The van der Waals surface area contributed by atoms with E-state index in [9.17, 15) is 9.59 Å². The highest BCUT2D eigenvalue weighted by molar-refractivity contribution is 6.53. The number of hydrogen-bond acceptors (Lipinski definition) is 2. The maximum Gasteiger partial charge on any atom is 0.271 e. The molecule has 6 heteroatoms. The van der Waals surface area contributed by atoms with Crippen LogP contribution in [0.1, 0.15) is 13.3 Å². The van der Waals surface area contributed by atoms with E-state index in [1.165, 1.54) is 0 Å². The summed E-state index contributed by atoms with van der Waals surface area (Å²) in [6, 6.07) is 0. The van der Waals surface area contributed by atoms with Crippen molar-refractivity contribution in [2.24, 2.45) is 0 Å². The maximum atomic E-state index is 10.6. The van der Waals surface area contributed by atoms with Gasteiger partial charge in [0.05, 0.1) is 0 Å². The molecular formula is C5H8Cl2N2O2. The summed E-state index contributed by atoms with van der Waals surface area (Å²) < 4.78 is 0. The van der Waals surface area contributed by atoms with Crippen molar-refractivity contribution in [1.82, 2.24) is 10.9 Å². The third kappa shape index (κ3) is 4.86. The van der Waals surface area contributed by atoms with Gasteiger partial charge in [-0.05, 0) is 0 Å². The number of rotatable bonds is 2. The minimum absolute atomic E-state index is 0.287. The molecule has 0 heterocycles. The summed E-state index contributed by atoms with van der Waals surface area (Å²) in [6.07, 6.45) is 0.287. The van der Waals surface area contributed by atoms with Crippen molar-refractivity contribution in [3.8, 4) is 0 Å². The lowest BCUT2D eigenvalue weighted by Crippen LogP contribution is -2.43. The zero-order valence-electron chi connectivity index (χ0n) is 5.86. The Bertz CT molecular complexity index is 161. The molecule has 0 unspecified atom stereocenters. The Hall–Kier alpha value is -0.480. The third-order valence-corrected chi connectivity index (χ3v) is 1.24. The predicted molar refractivity (Wildman–Crippen MR) is 42.1 cm³/mol. The van der Waals surface area contributed by atoms with Crippen LogP contribution in [0, 0.1) is 0 Å². The number of amides is 2. The Morgan fingerprint density at radius 3 is 2.27 bits per heavy atom. The normalized spacial score (nSPS) is 9.45. The van der Waals surface area contributed by atoms with E-state index in [0.717, 1.165) is 0 Å². The van der Waals surface area contributed by atoms with Gasteiger partial charge in [-0.3, -0.25) is 20.4 Å². The van der Waals surface area contributed by atoms with Crippen molar-refractivity contribution >= 4 is 35.0 Å². The van der Waals surface area contributed by atoms with E-state index >= 15 is 0 Å². The largest absolute Gasteiger partial charge is 0.273 e. The lowest BCUT2D eigenvalue weighted by molar-refractivity contribution is -0.127. The first-order valence-electron chi connectivity index (χ1n) is 2.94. The summed E-state index contributed by atoms with van der Waals surface area (Å²) in [5, 5.41) is 0. The number of carbonyl (C=O) groups excluding carboxylic acids is 2. The van der Waals surface area contributed by atoms with Crippen LogP contribution in [0.4, 0.5) is 0 Å². The number of alkyl halides is 2. The van der Waals surface area contributed by atoms with Gasteiger partial charge in [0, 0.05) is 6.42 Å². The van der Waals surface area contributed by atoms with E-state index in [1.54, 1.807) is 6.92 Å². The first kappa shape index (κ1) is 10.5. The second kappa shape index (κ2) is 5.21. The lowest BCUT2D eigenvalue weighted by atomic mass is 10.5. The summed E-state index contributed by atoms with van der Waals surface area (Å²) >= 11 is 10.3. The molecule has 0 spiro atoms. The fourth-order valence-electron chi connectivity index (χ4n) is 0.274. The molecule has 0 aliphatic carbocycles. The van der Waals surface area contributed by atoms with Crippen LogP contribution in [0.2, 0.25) is 0 Å². The Morgan fingerprint density at radius 2 is 1.91 bits per heavy atom. The van der Waals surface area contributed by atoms with E-state index in [0.29, 0.717) is 0 Å². The first-order chi connectivity index (χ1) is 5.07. The van der Waals surface area contributed by atoms with Crippen LogP contribution in [-0.2, 0) is 9.59 Å². The highest BCUT2D eigenvalue weighted by atomic mass is 35.5. The molecule has 0 rings (SSSR count). The average molecular weight is 199 g/mol. The second-order valence-corrected chi connectivity index (χ2v) is 2.79. The molecular weight excluding hydrogens is 191 g/mol. The highest BCUT2D eigenvalue weighted by Crippen LogP contribution is 1.99. The van der Waals surface area contributed by atoms with Crippen LogP contribution in [0.25, 0.3) is 0 Å². The number of halogens is 2. The van der Waals surface area contributed by atoms with Crippen molar-refractivity contribution in [3.05, 3.63) is 0 Å². The zero-order valence-corrected chi connectivity index (χ0v) is 7.37. The summed E-state index contributed by atoms with van der Waals surface area (Å²) in [4.78, 5) is 19.9. The molecule has 2 N–H and O–H groups in total. The molecule has 0 aromatic heterocycles. The number of carbonyl (C=O) groups is 2. The molecule has 0 aliphatic rings. The lowest BCUT2D eigenvalue weighted by Gasteiger charge is -2.05. The van der Waals surface area contributed by atoms with Gasteiger partial charge in [-0.2, -0.15) is 0 Å². The summed E-state index contributed by atoms with van der Waals surface area (Å²) in [7, 11) is 0. The molecule has 2 amide bonds. The van der Waals surface area contributed by atoms with Gasteiger partial charge in [-0.1, -0.05) is 30.1 Å². The van der Waals surface area contributed by atoms with Gasteiger partial charge in [0.1, 0.15) is 0 Å². The summed E-state index contributed by atoms with van der Waals surface area (Å²) in [5.41, 5.74) is 4.14. The molecule has 0 aromatic carbocycles. The Kier molecular flexibility index (Phi) is 4.98. The van der Waals surface area contributed by atoms with Gasteiger partial charge in [0.25, 0.3) is 5.91 Å². The molecule has 0 atom stereocenters. The molecule has 0 bridgehead atoms. The van der Waals surface area contributed by atoms with Crippen LogP contribution < -0.4 is 10.9 Å². The fraction of sp³-hybridized carbons (Fsp3) is 0.600. The minimum Gasteiger partial charge on any atom is -0.273 e. The summed E-state index contributed by atoms with van der Waals surface area (Å²) in [6.45, 7) is 1.65. The molecule has 11 heavy (non-hydrogen) atoms. The molecule has 0 aliphatic heterocycles. The Labute approximate surface area is 74.2 Å². The predicted octanol–water partition coefficient (Wildman–Crippen LogP) is 0.347. The van der Waals surface area contributed by atoms with Crippen molar-refractivity contribution in [2.45, 2.75) is 18.2 Å².